The Morgan fingerprint density at radius 1 is 0.909 bits per heavy atom. The Balaban J connectivity index is 1.97. The number of benzene rings is 1. The summed E-state index contributed by atoms with van der Waals surface area (Å²) in [6.07, 6.45) is -0.919. The van der Waals surface area contributed by atoms with Crippen LogP contribution in [-0.4, -0.2) is 9.97 Å². The second kappa shape index (κ2) is 5.53. The molecule has 2 aromatic heterocycles. The van der Waals surface area contributed by atoms with Crippen molar-refractivity contribution >= 4 is 11.3 Å². The number of rotatable bonds is 2. The molecule has 0 atom stereocenters. The van der Waals surface area contributed by atoms with Crippen molar-refractivity contribution in [2.45, 2.75) is 13.1 Å². The number of hydrogen-bond donors (Lipinski definition) is 0. The van der Waals surface area contributed by atoms with Gasteiger partial charge >= 0.3 is 6.18 Å². The van der Waals surface area contributed by atoms with E-state index in [0.29, 0.717) is 10.6 Å². The molecular formula is C16H11F3N2S. The number of hydrogen-bond acceptors (Lipinski definition) is 3. The SMILES string of the molecule is Cc1nc(-c2ccc(C(F)(F)F)cc2)sc1-c1ccncc1. The molecule has 0 spiro atoms. The lowest BCUT2D eigenvalue weighted by Crippen LogP contribution is -2.03. The Hall–Kier alpha value is -2.21. The zero-order valence-electron chi connectivity index (χ0n) is 11.6. The minimum absolute atomic E-state index is 0.654. The van der Waals surface area contributed by atoms with E-state index in [9.17, 15) is 13.2 Å². The highest BCUT2D eigenvalue weighted by Gasteiger charge is 2.30. The van der Waals surface area contributed by atoms with E-state index >= 15 is 0 Å². The predicted octanol–water partition coefficient (Wildman–Crippen LogP) is 5.20. The molecule has 0 saturated heterocycles. The highest BCUT2D eigenvalue weighted by atomic mass is 32.1. The summed E-state index contributed by atoms with van der Waals surface area (Å²) in [5, 5.41) is 0.707. The summed E-state index contributed by atoms with van der Waals surface area (Å²) < 4.78 is 37.8. The number of thiazole rings is 1. The topological polar surface area (TPSA) is 25.8 Å². The van der Waals surface area contributed by atoms with Gasteiger partial charge in [0.25, 0.3) is 0 Å². The summed E-state index contributed by atoms with van der Waals surface area (Å²) in [6.45, 7) is 1.89. The van der Waals surface area contributed by atoms with Crippen LogP contribution in [0.2, 0.25) is 0 Å². The molecule has 2 nitrogen and oxygen atoms in total. The van der Waals surface area contributed by atoms with Crippen LogP contribution in [0, 0.1) is 6.92 Å². The van der Waals surface area contributed by atoms with Crippen LogP contribution in [-0.2, 0) is 6.18 Å². The van der Waals surface area contributed by atoms with Gasteiger partial charge in [0.2, 0.25) is 0 Å². The third-order valence-electron chi connectivity index (χ3n) is 3.20. The molecule has 0 aliphatic carbocycles. The van der Waals surface area contributed by atoms with Gasteiger partial charge in [0.15, 0.2) is 0 Å². The number of alkyl halides is 3. The number of nitrogens with zero attached hydrogens (tertiary/aromatic N) is 2. The van der Waals surface area contributed by atoms with Gasteiger partial charge in [-0.1, -0.05) is 12.1 Å². The van der Waals surface area contributed by atoms with Crippen LogP contribution in [0.3, 0.4) is 0 Å². The van der Waals surface area contributed by atoms with E-state index < -0.39 is 11.7 Å². The molecule has 0 aliphatic heterocycles. The lowest BCUT2D eigenvalue weighted by atomic mass is 10.1. The Labute approximate surface area is 129 Å². The number of halogens is 3. The van der Waals surface area contributed by atoms with Crippen molar-refractivity contribution in [2.75, 3.05) is 0 Å². The first-order chi connectivity index (χ1) is 10.4. The van der Waals surface area contributed by atoms with E-state index in [4.69, 9.17) is 0 Å². The van der Waals surface area contributed by atoms with Crippen molar-refractivity contribution in [1.29, 1.82) is 0 Å². The first-order valence-electron chi connectivity index (χ1n) is 6.50. The van der Waals surface area contributed by atoms with Gasteiger partial charge in [-0.3, -0.25) is 4.98 Å². The Bertz CT molecular complexity index is 777. The van der Waals surface area contributed by atoms with Crippen molar-refractivity contribution < 1.29 is 13.2 Å². The highest BCUT2D eigenvalue weighted by Crippen LogP contribution is 2.36. The van der Waals surface area contributed by atoms with Crippen LogP contribution < -0.4 is 0 Å². The molecule has 0 bridgehead atoms. The maximum Gasteiger partial charge on any atom is 0.416 e. The molecule has 22 heavy (non-hydrogen) atoms. The largest absolute Gasteiger partial charge is 0.416 e. The van der Waals surface area contributed by atoms with Crippen LogP contribution >= 0.6 is 11.3 Å². The van der Waals surface area contributed by atoms with Gasteiger partial charge in [-0.15, -0.1) is 11.3 Å². The molecule has 0 saturated carbocycles. The lowest BCUT2D eigenvalue weighted by molar-refractivity contribution is -0.137. The van der Waals surface area contributed by atoms with Gasteiger partial charge < -0.3 is 0 Å². The van der Waals surface area contributed by atoms with E-state index in [0.717, 1.165) is 28.3 Å². The summed E-state index contributed by atoms with van der Waals surface area (Å²) >= 11 is 1.46. The number of aryl methyl sites for hydroxylation is 1. The van der Waals surface area contributed by atoms with Crippen molar-refractivity contribution in [2.24, 2.45) is 0 Å². The molecule has 3 rings (SSSR count). The fraction of sp³-hybridized carbons (Fsp3) is 0.125. The average Bonchev–Trinajstić information content (AvgIpc) is 2.89. The smallest absolute Gasteiger partial charge is 0.265 e. The first kappa shape index (κ1) is 14.7. The molecule has 0 unspecified atom stereocenters. The van der Waals surface area contributed by atoms with Crippen LogP contribution in [0.15, 0.2) is 48.8 Å². The molecule has 2 heterocycles. The summed E-state index contributed by atoms with van der Waals surface area (Å²) in [7, 11) is 0. The minimum Gasteiger partial charge on any atom is -0.265 e. The molecule has 0 aliphatic rings. The van der Waals surface area contributed by atoms with Crippen LogP contribution in [0.1, 0.15) is 11.3 Å². The molecule has 3 aromatic rings. The monoisotopic (exact) mass is 320 g/mol. The van der Waals surface area contributed by atoms with E-state index in [2.05, 4.69) is 9.97 Å². The molecule has 0 radical (unpaired) electrons. The van der Waals surface area contributed by atoms with Crippen molar-refractivity contribution in [3.63, 3.8) is 0 Å². The standard InChI is InChI=1S/C16H11F3N2S/c1-10-14(11-6-8-20-9-7-11)22-15(21-10)12-2-4-13(5-3-12)16(17,18)19/h2-9H,1H3. The summed E-state index contributed by atoms with van der Waals surface area (Å²) in [6, 6.07) is 8.85. The van der Waals surface area contributed by atoms with Gasteiger partial charge in [-0.05, 0) is 36.8 Å². The molecule has 6 heteroatoms. The normalized spacial score (nSPS) is 11.6. The van der Waals surface area contributed by atoms with Gasteiger partial charge in [-0.2, -0.15) is 13.2 Å². The lowest BCUT2D eigenvalue weighted by Gasteiger charge is -2.06. The first-order valence-corrected chi connectivity index (χ1v) is 7.32. The third kappa shape index (κ3) is 2.87. The van der Waals surface area contributed by atoms with Gasteiger partial charge in [0.05, 0.1) is 16.1 Å². The van der Waals surface area contributed by atoms with E-state index in [1.165, 1.54) is 23.5 Å². The molecule has 0 N–H and O–H groups in total. The van der Waals surface area contributed by atoms with Gasteiger partial charge in [0.1, 0.15) is 5.01 Å². The molecule has 0 fully saturated rings. The maximum atomic E-state index is 12.6. The molecule has 1 aromatic carbocycles. The Kier molecular flexibility index (Phi) is 3.70. The van der Waals surface area contributed by atoms with Crippen LogP contribution in [0.25, 0.3) is 21.0 Å². The van der Waals surface area contributed by atoms with E-state index in [-0.39, 0.29) is 0 Å². The molecule has 0 amide bonds. The summed E-state index contributed by atoms with van der Waals surface area (Å²) in [5.74, 6) is 0. The quantitative estimate of drug-likeness (QED) is 0.648. The predicted molar refractivity (Wildman–Crippen MR) is 80.5 cm³/mol. The fourth-order valence-electron chi connectivity index (χ4n) is 2.09. The van der Waals surface area contributed by atoms with Crippen LogP contribution in [0.5, 0.6) is 0 Å². The fourth-order valence-corrected chi connectivity index (χ4v) is 3.17. The second-order valence-corrected chi connectivity index (χ2v) is 5.74. The zero-order valence-corrected chi connectivity index (χ0v) is 12.4. The van der Waals surface area contributed by atoms with Crippen molar-refractivity contribution in [3.8, 4) is 21.0 Å². The maximum absolute atomic E-state index is 12.6. The van der Waals surface area contributed by atoms with Crippen molar-refractivity contribution in [3.05, 3.63) is 60.0 Å². The number of aromatic nitrogens is 2. The Morgan fingerprint density at radius 2 is 1.55 bits per heavy atom. The summed E-state index contributed by atoms with van der Waals surface area (Å²) in [4.78, 5) is 9.44. The van der Waals surface area contributed by atoms with E-state index in [1.807, 2.05) is 19.1 Å². The van der Waals surface area contributed by atoms with E-state index in [1.54, 1.807) is 12.4 Å². The van der Waals surface area contributed by atoms with Crippen LogP contribution in [0.4, 0.5) is 13.2 Å². The zero-order chi connectivity index (χ0) is 15.7. The highest BCUT2D eigenvalue weighted by molar-refractivity contribution is 7.18. The minimum atomic E-state index is -4.32. The summed E-state index contributed by atoms with van der Waals surface area (Å²) in [5.41, 5.74) is 1.88. The molecular weight excluding hydrogens is 309 g/mol. The van der Waals surface area contributed by atoms with Gasteiger partial charge in [-0.25, -0.2) is 4.98 Å². The third-order valence-corrected chi connectivity index (χ3v) is 4.45. The Morgan fingerprint density at radius 3 is 2.14 bits per heavy atom. The average molecular weight is 320 g/mol. The van der Waals surface area contributed by atoms with Crippen molar-refractivity contribution in [1.82, 2.24) is 9.97 Å². The molecule has 112 valence electrons. The second-order valence-electron chi connectivity index (χ2n) is 4.74. The van der Waals surface area contributed by atoms with Gasteiger partial charge in [0, 0.05) is 18.0 Å². The number of pyridine rings is 1.